The van der Waals surface area contributed by atoms with Crippen LogP contribution in [-0.2, 0) is 6.54 Å². The van der Waals surface area contributed by atoms with Gasteiger partial charge in [0, 0.05) is 25.2 Å². The average Bonchev–Trinajstić information content (AvgIpc) is 3.00. The van der Waals surface area contributed by atoms with Gasteiger partial charge in [-0.1, -0.05) is 31.9 Å². The number of nitro groups is 1. The van der Waals surface area contributed by atoms with E-state index in [1.54, 1.807) is 12.1 Å². The van der Waals surface area contributed by atoms with Gasteiger partial charge in [-0.2, -0.15) is 0 Å². The summed E-state index contributed by atoms with van der Waals surface area (Å²) in [6.45, 7) is 6.59. The van der Waals surface area contributed by atoms with Crippen molar-refractivity contribution in [1.82, 2.24) is 4.90 Å². The zero-order valence-electron chi connectivity index (χ0n) is 13.0. The first-order valence-corrected chi connectivity index (χ1v) is 7.91. The maximum atomic E-state index is 11.2. The van der Waals surface area contributed by atoms with Crippen LogP contribution < -0.4 is 5.32 Å². The van der Waals surface area contributed by atoms with Crippen LogP contribution in [0.4, 0.5) is 11.4 Å². The van der Waals surface area contributed by atoms with Crippen LogP contribution in [0.25, 0.3) is 0 Å². The van der Waals surface area contributed by atoms with Gasteiger partial charge in [0.15, 0.2) is 0 Å². The van der Waals surface area contributed by atoms with Crippen molar-refractivity contribution in [3.05, 3.63) is 33.9 Å². The van der Waals surface area contributed by atoms with Crippen molar-refractivity contribution >= 4 is 11.4 Å². The van der Waals surface area contributed by atoms with Crippen LogP contribution in [0.5, 0.6) is 0 Å². The van der Waals surface area contributed by atoms with Crippen molar-refractivity contribution in [3.63, 3.8) is 0 Å². The smallest absolute Gasteiger partial charge is 0.292 e. The highest BCUT2D eigenvalue weighted by atomic mass is 16.6. The van der Waals surface area contributed by atoms with Crippen molar-refractivity contribution in [2.75, 3.05) is 18.4 Å². The maximum Gasteiger partial charge on any atom is 0.292 e. The molecule has 1 N–H and O–H groups in total. The third-order valence-electron chi connectivity index (χ3n) is 4.30. The lowest BCUT2D eigenvalue weighted by molar-refractivity contribution is -0.384. The summed E-state index contributed by atoms with van der Waals surface area (Å²) in [6.07, 6.45) is 5.10. The van der Waals surface area contributed by atoms with Crippen LogP contribution in [-0.4, -0.2) is 29.0 Å². The molecule has 0 unspecified atom stereocenters. The Morgan fingerprint density at radius 3 is 2.62 bits per heavy atom. The van der Waals surface area contributed by atoms with E-state index in [0.29, 0.717) is 18.3 Å². The Morgan fingerprint density at radius 2 is 2.05 bits per heavy atom. The number of nitrogens with one attached hydrogen (secondary N) is 1. The molecule has 0 saturated heterocycles. The quantitative estimate of drug-likeness (QED) is 0.613. The number of hydrogen-bond donors (Lipinski definition) is 1. The fourth-order valence-electron chi connectivity index (χ4n) is 3.24. The summed E-state index contributed by atoms with van der Waals surface area (Å²) in [5.74, 6) is 0. The SMILES string of the molecule is CCNc1c(CN(CC)C2CCCC2)cccc1[N+](=O)[O-]. The molecule has 116 valence electrons. The highest BCUT2D eigenvalue weighted by Crippen LogP contribution is 2.31. The van der Waals surface area contributed by atoms with E-state index in [4.69, 9.17) is 0 Å². The predicted molar refractivity (Wildman–Crippen MR) is 85.6 cm³/mol. The van der Waals surface area contributed by atoms with Gasteiger partial charge >= 0.3 is 0 Å². The van der Waals surface area contributed by atoms with Gasteiger partial charge in [0.2, 0.25) is 0 Å². The molecule has 0 heterocycles. The summed E-state index contributed by atoms with van der Waals surface area (Å²) >= 11 is 0. The van der Waals surface area contributed by atoms with E-state index < -0.39 is 0 Å². The van der Waals surface area contributed by atoms with Crippen LogP contribution in [0.3, 0.4) is 0 Å². The standard InChI is InChI=1S/C16H25N3O2/c1-3-17-16-13(8-7-11-15(16)19(20)21)12-18(4-2)14-9-5-6-10-14/h7-8,11,14,17H,3-6,9-10,12H2,1-2H3. The third-order valence-corrected chi connectivity index (χ3v) is 4.30. The minimum absolute atomic E-state index is 0.178. The molecule has 1 aromatic rings. The normalized spacial score (nSPS) is 15.6. The second-order valence-electron chi connectivity index (χ2n) is 5.60. The molecule has 2 rings (SSSR count). The number of nitro benzene ring substituents is 1. The van der Waals surface area contributed by atoms with Crippen molar-refractivity contribution in [2.45, 2.75) is 52.1 Å². The molecule has 1 aliphatic rings. The molecule has 21 heavy (non-hydrogen) atoms. The fourth-order valence-corrected chi connectivity index (χ4v) is 3.24. The highest BCUT2D eigenvalue weighted by Gasteiger charge is 2.24. The zero-order valence-corrected chi connectivity index (χ0v) is 13.0. The molecule has 1 aromatic carbocycles. The Hall–Kier alpha value is -1.62. The van der Waals surface area contributed by atoms with Crippen molar-refractivity contribution in [1.29, 1.82) is 0 Å². The van der Waals surface area contributed by atoms with Gasteiger partial charge in [0.05, 0.1) is 4.92 Å². The largest absolute Gasteiger partial charge is 0.380 e. The first-order valence-electron chi connectivity index (χ1n) is 7.91. The molecule has 0 bridgehead atoms. The lowest BCUT2D eigenvalue weighted by atomic mass is 10.1. The molecule has 5 nitrogen and oxygen atoms in total. The van der Waals surface area contributed by atoms with E-state index in [9.17, 15) is 10.1 Å². The number of nitrogens with zero attached hydrogens (tertiary/aromatic N) is 2. The van der Waals surface area contributed by atoms with Crippen LogP contribution in [0.1, 0.15) is 45.1 Å². The zero-order chi connectivity index (χ0) is 15.2. The van der Waals surface area contributed by atoms with Crippen LogP contribution in [0, 0.1) is 10.1 Å². The highest BCUT2D eigenvalue weighted by molar-refractivity contribution is 5.66. The molecule has 0 aliphatic heterocycles. The summed E-state index contributed by atoms with van der Waals surface area (Å²) in [6, 6.07) is 6.00. The number of para-hydroxylation sites is 1. The second-order valence-corrected chi connectivity index (χ2v) is 5.60. The molecule has 1 aliphatic carbocycles. The molecule has 5 heteroatoms. The topological polar surface area (TPSA) is 58.4 Å². The molecular weight excluding hydrogens is 266 g/mol. The summed E-state index contributed by atoms with van der Waals surface area (Å²) in [5, 5.41) is 14.4. The van der Waals surface area contributed by atoms with Crippen LogP contribution in [0.15, 0.2) is 18.2 Å². The van der Waals surface area contributed by atoms with Gasteiger partial charge in [-0.25, -0.2) is 0 Å². The van der Waals surface area contributed by atoms with Gasteiger partial charge < -0.3 is 5.32 Å². The number of hydrogen-bond acceptors (Lipinski definition) is 4. The second kappa shape index (κ2) is 7.41. The molecule has 1 saturated carbocycles. The van der Waals surface area contributed by atoms with Crippen molar-refractivity contribution in [2.24, 2.45) is 0 Å². The van der Waals surface area contributed by atoms with E-state index in [1.807, 2.05) is 13.0 Å². The Bertz CT molecular complexity index is 484. The molecule has 0 atom stereocenters. The number of rotatable bonds is 7. The molecule has 0 radical (unpaired) electrons. The monoisotopic (exact) mass is 291 g/mol. The van der Waals surface area contributed by atoms with E-state index in [1.165, 1.54) is 25.7 Å². The number of benzene rings is 1. The van der Waals surface area contributed by atoms with E-state index >= 15 is 0 Å². The summed E-state index contributed by atoms with van der Waals surface area (Å²) < 4.78 is 0. The average molecular weight is 291 g/mol. The van der Waals surface area contributed by atoms with Crippen molar-refractivity contribution < 1.29 is 4.92 Å². The molecule has 0 amide bonds. The first kappa shape index (κ1) is 15.8. The van der Waals surface area contributed by atoms with Gasteiger partial charge in [0.25, 0.3) is 5.69 Å². The van der Waals surface area contributed by atoms with Gasteiger partial charge in [-0.3, -0.25) is 15.0 Å². The van der Waals surface area contributed by atoms with Gasteiger partial charge in [-0.15, -0.1) is 0 Å². The lowest BCUT2D eigenvalue weighted by Crippen LogP contribution is -2.32. The van der Waals surface area contributed by atoms with E-state index in [0.717, 1.165) is 18.7 Å². The Labute approximate surface area is 126 Å². The minimum atomic E-state index is -0.298. The number of anilines is 1. The first-order chi connectivity index (χ1) is 10.2. The Balaban J connectivity index is 2.24. The molecular formula is C16H25N3O2. The van der Waals surface area contributed by atoms with Crippen molar-refractivity contribution in [3.8, 4) is 0 Å². The van der Waals surface area contributed by atoms with Crippen LogP contribution in [0.2, 0.25) is 0 Å². The minimum Gasteiger partial charge on any atom is -0.380 e. The Kier molecular flexibility index (Phi) is 5.56. The van der Waals surface area contributed by atoms with Gasteiger partial charge in [-0.05, 0) is 31.9 Å². The Morgan fingerprint density at radius 1 is 1.33 bits per heavy atom. The maximum absolute atomic E-state index is 11.2. The summed E-state index contributed by atoms with van der Waals surface area (Å²) in [7, 11) is 0. The molecule has 1 fully saturated rings. The summed E-state index contributed by atoms with van der Waals surface area (Å²) in [4.78, 5) is 13.4. The predicted octanol–water partition coefficient (Wildman–Crippen LogP) is 3.79. The van der Waals surface area contributed by atoms with E-state index in [-0.39, 0.29) is 10.6 Å². The molecule has 0 aromatic heterocycles. The lowest BCUT2D eigenvalue weighted by Gasteiger charge is -2.28. The third kappa shape index (κ3) is 3.73. The van der Waals surface area contributed by atoms with E-state index in [2.05, 4.69) is 17.1 Å². The molecule has 0 spiro atoms. The van der Waals surface area contributed by atoms with Gasteiger partial charge in [0.1, 0.15) is 5.69 Å². The fraction of sp³-hybridized carbons (Fsp3) is 0.625. The van der Waals surface area contributed by atoms with Crippen LogP contribution >= 0.6 is 0 Å². The summed E-state index contributed by atoms with van der Waals surface area (Å²) in [5.41, 5.74) is 1.89.